The number of aliphatic carboxylic acids is 1. The third kappa shape index (κ3) is 2.52. The van der Waals surface area contributed by atoms with Crippen molar-refractivity contribution in [3.8, 4) is 0 Å². The van der Waals surface area contributed by atoms with Crippen LogP contribution in [-0.2, 0) is 4.79 Å². The van der Waals surface area contributed by atoms with E-state index in [4.69, 9.17) is 5.11 Å². The maximum Gasteiger partial charge on any atom is 0.305 e. The molecule has 1 fully saturated rings. The number of rotatable bonds is 4. The lowest BCUT2D eigenvalue weighted by Gasteiger charge is -2.43. The van der Waals surface area contributed by atoms with E-state index in [1.807, 2.05) is 0 Å². The van der Waals surface area contributed by atoms with Crippen LogP contribution in [0.3, 0.4) is 0 Å². The van der Waals surface area contributed by atoms with Crippen molar-refractivity contribution < 1.29 is 18.7 Å². The molecule has 0 aromatic heterocycles. The maximum absolute atomic E-state index is 13.0. The average molecular weight is 242 g/mol. The quantitative estimate of drug-likeness (QED) is 0.742. The Hall–Kier alpha value is -1.69. The van der Waals surface area contributed by atoms with Gasteiger partial charge in [-0.2, -0.15) is 0 Å². The van der Waals surface area contributed by atoms with Crippen molar-refractivity contribution in [1.82, 2.24) is 5.32 Å². The molecule has 3 N–H and O–H groups in total. The predicted molar refractivity (Wildman–Crippen MR) is 57.8 cm³/mol. The topological polar surface area (TPSA) is 61.4 Å². The molecule has 1 saturated heterocycles. The van der Waals surface area contributed by atoms with Gasteiger partial charge in [0.15, 0.2) is 11.6 Å². The Morgan fingerprint density at radius 1 is 1.41 bits per heavy atom. The summed E-state index contributed by atoms with van der Waals surface area (Å²) in [5.74, 6) is -2.80. The highest BCUT2D eigenvalue weighted by atomic mass is 19.2. The summed E-state index contributed by atoms with van der Waals surface area (Å²) >= 11 is 0. The molecule has 1 heterocycles. The summed E-state index contributed by atoms with van der Waals surface area (Å²) in [5.41, 5.74) is -0.234. The first-order valence-corrected chi connectivity index (χ1v) is 5.17. The fourth-order valence-corrected chi connectivity index (χ4v) is 1.85. The van der Waals surface area contributed by atoms with Gasteiger partial charge >= 0.3 is 5.97 Å². The van der Waals surface area contributed by atoms with Gasteiger partial charge < -0.3 is 15.7 Å². The molecule has 1 aliphatic rings. The number of anilines is 1. The van der Waals surface area contributed by atoms with E-state index in [0.717, 1.165) is 12.1 Å². The van der Waals surface area contributed by atoms with E-state index < -0.39 is 23.1 Å². The Morgan fingerprint density at radius 2 is 2.12 bits per heavy atom. The van der Waals surface area contributed by atoms with E-state index in [0.29, 0.717) is 18.8 Å². The summed E-state index contributed by atoms with van der Waals surface area (Å²) in [7, 11) is 0. The predicted octanol–water partition coefficient (Wildman–Crippen LogP) is 1.19. The SMILES string of the molecule is O=C(O)CC1(Nc2ccc(F)c(F)c2)CNC1. The second-order valence-electron chi connectivity index (χ2n) is 4.21. The molecule has 0 radical (unpaired) electrons. The first-order chi connectivity index (χ1) is 8.01. The monoisotopic (exact) mass is 242 g/mol. The van der Waals surface area contributed by atoms with Crippen LogP contribution in [0.15, 0.2) is 18.2 Å². The Morgan fingerprint density at radius 3 is 2.59 bits per heavy atom. The van der Waals surface area contributed by atoms with Crippen LogP contribution >= 0.6 is 0 Å². The summed E-state index contributed by atoms with van der Waals surface area (Å²) in [6, 6.07) is 3.43. The highest BCUT2D eigenvalue weighted by Crippen LogP contribution is 2.24. The second kappa shape index (κ2) is 4.29. The normalized spacial score (nSPS) is 17.3. The third-order valence-electron chi connectivity index (χ3n) is 2.75. The van der Waals surface area contributed by atoms with Gasteiger partial charge in [0.25, 0.3) is 0 Å². The fourth-order valence-electron chi connectivity index (χ4n) is 1.85. The van der Waals surface area contributed by atoms with Crippen LogP contribution in [0.25, 0.3) is 0 Å². The molecule has 0 spiro atoms. The zero-order valence-corrected chi connectivity index (χ0v) is 8.96. The minimum Gasteiger partial charge on any atom is -0.481 e. The molecule has 2 rings (SSSR count). The van der Waals surface area contributed by atoms with Gasteiger partial charge in [0, 0.05) is 24.8 Å². The van der Waals surface area contributed by atoms with Crippen molar-refractivity contribution in [1.29, 1.82) is 0 Å². The molecule has 0 aliphatic carbocycles. The molecule has 6 heteroatoms. The lowest BCUT2D eigenvalue weighted by atomic mass is 9.88. The molecule has 0 unspecified atom stereocenters. The summed E-state index contributed by atoms with van der Waals surface area (Å²) in [4.78, 5) is 10.7. The fraction of sp³-hybridized carbons (Fsp3) is 0.364. The van der Waals surface area contributed by atoms with Gasteiger partial charge in [-0.05, 0) is 12.1 Å². The lowest BCUT2D eigenvalue weighted by molar-refractivity contribution is -0.138. The Balaban J connectivity index is 2.13. The molecular formula is C11H12F2N2O2. The largest absolute Gasteiger partial charge is 0.481 e. The summed E-state index contributed by atoms with van der Waals surface area (Å²) in [6.07, 6.45) is -0.0704. The summed E-state index contributed by atoms with van der Waals surface area (Å²) < 4.78 is 25.7. The van der Waals surface area contributed by atoms with Crippen molar-refractivity contribution in [2.24, 2.45) is 0 Å². The van der Waals surface area contributed by atoms with Crippen molar-refractivity contribution in [3.05, 3.63) is 29.8 Å². The van der Waals surface area contributed by atoms with Gasteiger partial charge in [-0.1, -0.05) is 0 Å². The van der Waals surface area contributed by atoms with E-state index in [1.54, 1.807) is 0 Å². The molecule has 1 aliphatic heterocycles. The summed E-state index contributed by atoms with van der Waals surface area (Å²) in [5, 5.41) is 14.7. The second-order valence-corrected chi connectivity index (χ2v) is 4.21. The average Bonchev–Trinajstić information content (AvgIpc) is 2.19. The maximum atomic E-state index is 13.0. The Bertz CT molecular complexity index is 447. The Labute approximate surface area is 96.6 Å². The molecule has 92 valence electrons. The molecule has 0 amide bonds. The highest BCUT2D eigenvalue weighted by Gasteiger charge is 2.39. The number of benzene rings is 1. The number of carboxylic acids is 1. The van der Waals surface area contributed by atoms with Crippen LogP contribution in [0.1, 0.15) is 6.42 Å². The van der Waals surface area contributed by atoms with Crippen LogP contribution < -0.4 is 10.6 Å². The van der Waals surface area contributed by atoms with Crippen LogP contribution in [0.4, 0.5) is 14.5 Å². The van der Waals surface area contributed by atoms with Crippen molar-refractivity contribution in [2.45, 2.75) is 12.0 Å². The van der Waals surface area contributed by atoms with Gasteiger partial charge in [0.2, 0.25) is 0 Å². The number of hydrogen-bond acceptors (Lipinski definition) is 3. The third-order valence-corrected chi connectivity index (χ3v) is 2.75. The number of halogens is 2. The molecule has 0 saturated carbocycles. The van der Waals surface area contributed by atoms with Crippen LogP contribution in [-0.4, -0.2) is 29.7 Å². The van der Waals surface area contributed by atoms with Gasteiger partial charge in [-0.25, -0.2) is 8.78 Å². The molecule has 0 bridgehead atoms. The highest BCUT2D eigenvalue weighted by molar-refractivity contribution is 5.70. The van der Waals surface area contributed by atoms with Crippen molar-refractivity contribution in [3.63, 3.8) is 0 Å². The zero-order chi connectivity index (χ0) is 12.5. The first kappa shape index (κ1) is 11.8. The number of carbonyl (C=O) groups is 1. The molecule has 0 atom stereocenters. The minimum absolute atomic E-state index is 0.0704. The van der Waals surface area contributed by atoms with E-state index in [-0.39, 0.29) is 6.42 Å². The molecule has 1 aromatic rings. The smallest absolute Gasteiger partial charge is 0.305 e. The number of carboxylic acid groups (broad SMARTS) is 1. The molecule has 17 heavy (non-hydrogen) atoms. The number of nitrogens with one attached hydrogen (secondary N) is 2. The zero-order valence-electron chi connectivity index (χ0n) is 8.96. The first-order valence-electron chi connectivity index (χ1n) is 5.17. The molecule has 1 aromatic carbocycles. The van der Waals surface area contributed by atoms with E-state index >= 15 is 0 Å². The van der Waals surface area contributed by atoms with Crippen molar-refractivity contribution >= 4 is 11.7 Å². The summed E-state index contributed by atoms with van der Waals surface area (Å²) in [6.45, 7) is 0.969. The van der Waals surface area contributed by atoms with E-state index in [1.165, 1.54) is 6.07 Å². The van der Waals surface area contributed by atoms with Crippen LogP contribution in [0.5, 0.6) is 0 Å². The van der Waals surface area contributed by atoms with Crippen LogP contribution in [0, 0.1) is 11.6 Å². The van der Waals surface area contributed by atoms with Gasteiger partial charge in [-0.3, -0.25) is 4.79 Å². The molecular weight excluding hydrogens is 230 g/mol. The van der Waals surface area contributed by atoms with Crippen LogP contribution in [0.2, 0.25) is 0 Å². The Kier molecular flexibility index (Phi) is 2.97. The van der Waals surface area contributed by atoms with Gasteiger partial charge in [0.05, 0.1) is 12.0 Å². The molecule has 4 nitrogen and oxygen atoms in total. The van der Waals surface area contributed by atoms with Crippen molar-refractivity contribution in [2.75, 3.05) is 18.4 Å². The minimum atomic E-state index is -0.951. The standard InChI is InChI=1S/C11H12F2N2O2/c12-8-2-1-7(3-9(8)13)15-11(4-10(16)17)5-14-6-11/h1-3,14-15H,4-6H2,(H,16,17). The van der Waals surface area contributed by atoms with Gasteiger partial charge in [0.1, 0.15) is 0 Å². The number of hydrogen-bond donors (Lipinski definition) is 3. The lowest BCUT2D eigenvalue weighted by Crippen LogP contribution is -2.65. The van der Waals surface area contributed by atoms with Gasteiger partial charge in [-0.15, -0.1) is 0 Å². The van der Waals surface area contributed by atoms with E-state index in [2.05, 4.69) is 10.6 Å². The van der Waals surface area contributed by atoms with E-state index in [9.17, 15) is 13.6 Å².